The second-order valence-corrected chi connectivity index (χ2v) is 9.41. The minimum Gasteiger partial charge on any atom is -0.485 e. The van der Waals surface area contributed by atoms with Crippen LogP contribution in [0, 0.1) is 18.6 Å². The first kappa shape index (κ1) is 25.3. The fourth-order valence-corrected chi connectivity index (χ4v) is 4.51. The van der Waals surface area contributed by atoms with Crippen molar-refractivity contribution >= 4 is 23.2 Å². The lowest BCUT2D eigenvalue weighted by Gasteiger charge is -2.36. The van der Waals surface area contributed by atoms with Gasteiger partial charge < -0.3 is 10.1 Å². The van der Waals surface area contributed by atoms with Crippen LogP contribution >= 0.6 is 11.6 Å². The van der Waals surface area contributed by atoms with Gasteiger partial charge in [-0.2, -0.15) is 0 Å². The first-order chi connectivity index (χ1) is 16.7. The third-order valence-electron chi connectivity index (χ3n) is 6.33. The summed E-state index contributed by atoms with van der Waals surface area (Å²) in [7, 11) is 0. The average molecular weight is 506 g/mol. The average Bonchev–Trinajstić information content (AvgIpc) is 3.14. The highest BCUT2D eigenvalue weighted by atomic mass is 35.5. The minimum absolute atomic E-state index is 0.193. The van der Waals surface area contributed by atoms with Gasteiger partial charge in [-0.05, 0) is 32.9 Å². The lowest BCUT2D eigenvalue weighted by atomic mass is 10.2. The van der Waals surface area contributed by atoms with E-state index in [1.165, 1.54) is 24.3 Å². The predicted octanol–water partition coefficient (Wildman–Crippen LogP) is 3.91. The molecule has 2 aromatic heterocycles. The number of carbonyl (C=O) groups is 1. The highest BCUT2D eigenvalue weighted by Crippen LogP contribution is 2.28. The van der Waals surface area contributed by atoms with Gasteiger partial charge in [0.25, 0.3) is 5.91 Å². The molecule has 0 bridgehead atoms. The summed E-state index contributed by atoms with van der Waals surface area (Å²) in [6, 6.07) is 5.69. The Bertz CT molecular complexity index is 1190. The highest BCUT2D eigenvalue weighted by molar-refractivity contribution is 6.30. The van der Waals surface area contributed by atoms with Gasteiger partial charge in [-0.1, -0.05) is 17.7 Å². The van der Waals surface area contributed by atoms with Gasteiger partial charge in [-0.3, -0.25) is 19.0 Å². The van der Waals surface area contributed by atoms with Crippen molar-refractivity contribution in [3.05, 3.63) is 64.1 Å². The van der Waals surface area contributed by atoms with E-state index in [0.29, 0.717) is 34.6 Å². The van der Waals surface area contributed by atoms with Crippen LogP contribution in [0.25, 0.3) is 5.65 Å². The van der Waals surface area contributed by atoms with Gasteiger partial charge in [0, 0.05) is 57.6 Å². The molecule has 3 aromatic rings. The molecule has 10 heteroatoms. The van der Waals surface area contributed by atoms with E-state index in [0.717, 1.165) is 32.7 Å². The standard InChI is InChI=1S/C25H30ClF2N5O2/c1-16(2)32-11-9-31(10-12-32)8-7-29-25(34)23-17(3)30-24-22(13-18(26)14-33(23)24)35-15-19-20(27)5-4-6-21(19)28/h4-6,13-14,16H,7-12,15H2,1-3H3,(H,29,34). The molecule has 1 amide bonds. The van der Waals surface area contributed by atoms with Gasteiger partial charge in [0.15, 0.2) is 11.4 Å². The summed E-state index contributed by atoms with van der Waals surface area (Å²) in [5.74, 6) is -1.45. The van der Waals surface area contributed by atoms with E-state index in [1.54, 1.807) is 17.5 Å². The Morgan fingerprint density at radius 1 is 1.20 bits per heavy atom. The Kier molecular flexibility index (Phi) is 7.88. The number of hydrogen-bond acceptors (Lipinski definition) is 5. The summed E-state index contributed by atoms with van der Waals surface area (Å²) < 4.78 is 35.3. The van der Waals surface area contributed by atoms with Crippen molar-refractivity contribution in [2.75, 3.05) is 39.3 Å². The molecule has 1 aromatic carbocycles. The SMILES string of the molecule is Cc1nc2c(OCc3c(F)cccc3F)cc(Cl)cn2c1C(=O)NCCN1CCN(C(C)C)CC1. The number of aryl methyl sites for hydroxylation is 1. The number of fused-ring (bicyclic) bond motifs is 1. The number of imidazole rings is 1. The Morgan fingerprint density at radius 3 is 2.54 bits per heavy atom. The van der Waals surface area contributed by atoms with Crippen molar-refractivity contribution < 1.29 is 18.3 Å². The summed E-state index contributed by atoms with van der Waals surface area (Å²) in [6.45, 7) is 11.0. The highest BCUT2D eigenvalue weighted by Gasteiger charge is 2.22. The molecule has 0 aliphatic carbocycles. The van der Waals surface area contributed by atoms with E-state index in [1.807, 2.05) is 0 Å². The van der Waals surface area contributed by atoms with Crippen molar-refractivity contribution in [3.63, 3.8) is 0 Å². The van der Waals surface area contributed by atoms with Crippen LogP contribution in [0.2, 0.25) is 5.02 Å². The number of carbonyl (C=O) groups excluding carboxylic acids is 1. The molecule has 0 spiro atoms. The number of ether oxygens (including phenoxy) is 1. The third kappa shape index (κ3) is 5.74. The number of benzene rings is 1. The fourth-order valence-electron chi connectivity index (χ4n) is 4.31. The van der Waals surface area contributed by atoms with E-state index < -0.39 is 11.6 Å². The van der Waals surface area contributed by atoms with Crippen molar-refractivity contribution in [2.45, 2.75) is 33.4 Å². The Hall–Kier alpha value is -2.75. The maximum atomic E-state index is 14.0. The van der Waals surface area contributed by atoms with Gasteiger partial charge in [0.2, 0.25) is 0 Å². The molecule has 0 radical (unpaired) electrons. The first-order valence-corrected chi connectivity index (χ1v) is 12.1. The molecule has 1 saturated heterocycles. The molecule has 0 saturated carbocycles. The normalized spacial score (nSPS) is 15.2. The number of pyridine rings is 1. The Balaban J connectivity index is 1.44. The predicted molar refractivity (Wildman–Crippen MR) is 131 cm³/mol. The lowest BCUT2D eigenvalue weighted by Crippen LogP contribution is -2.50. The smallest absolute Gasteiger partial charge is 0.270 e. The molecule has 35 heavy (non-hydrogen) atoms. The molecule has 0 atom stereocenters. The van der Waals surface area contributed by atoms with Gasteiger partial charge in [-0.25, -0.2) is 13.8 Å². The lowest BCUT2D eigenvalue weighted by molar-refractivity contribution is 0.0915. The molecule has 7 nitrogen and oxygen atoms in total. The number of piperazine rings is 1. The van der Waals surface area contributed by atoms with Crippen LogP contribution in [0.5, 0.6) is 5.75 Å². The Labute approximate surface area is 208 Å². The quantitative estimate of drug-likeness (QED) is 0.503. The molecular weight excluding hydrogens is 476 g/mol. The first-order valence-electron chi connectivity index (χ1n) is 11.7. The topological polar surface area (TPSA) is 62.1 Å². The number of rotatable bonds is 8. The summed E-state index contributed by atoms with van der Waals surface area (Å²) in [5.41, 5.74) is 0.992. The number of nitrogens with zero attached hydrogens (tertiary/aromatic N) is 4. The number of aromatic nitrogens is 2. The summed E-state index contributed by atoms with van der Waals surface area (Å²) in [4.78, 5) is 22.3. The van der Waals surface area contributed by atoms with Gasteiger partial charge in [0.1, 0.15) is 23.9 Å². The van der Waals surface area contributed by atoms with Crippen LogP contribution in [-0.2, 0) is 6.61 Å². The molecule has 1 fully saturated rings. The van der Waals surface area contributed by atoms with E-state index in [4.69, 9.17) is 16.3 Å². The van der Waals surface area contributed by atoms with Crippen LogP contribution in [-0.4, -0.2) is 70.4 Å². The largest absolute Gasteiger partial charge is 0.485 e. The zero-order chi connectivity index (χ0) is 25.1. The second kappa shape index (κ2) is 10.9. The van der Waals surface area contributed by atoms with Crippen LogP contribution < -0.4 is 10.1 Å². The fraction of sp³-hybridized carbons (Fsp3) is 0.440. The molecule has 1 aliphatic heterocycles. The van der Waals surface area contributed by atoms with Crippen LogP contribution in [0.15, 0.2) is 30.5 Å². The molecular formula is C25H30ClF2N5O2. The van der Waals surface area contributed by atoms with E-state index >= 15 is 0 Å². The van der Waals surface area contributed by atoms with Gasteiger partial charge >= 0.3 is 0 Å². The Morgan fingerprint density at radius 2 is 1.89 bits per heavy atom. The summed E-state index contributed by atoms with van der Waals surface area (Å²) in [6.07, 6.45) is 1.58. The maximum Gasteiger partial charge on any atom is 0.270 e. The monoisotopic (exact) mass is 505 g/mol. The molecule has 0 unspecified atom stereocenters. The molecule has 4 rings (SSSR count). The molecule has 1 aliphatic rings. The second-order valence-electron chi connectivity index (χ2n) is 8.98. The third-order valence-corrected chi connectivity index (χ3v) is 6.53. The number of hydrogen-bond donors (Lipinski definition) is 1. The van der Waals surface area contributed by atoms with Crippen LogP contribution in [0.4, 0.5) is 8.78 Å². The number of amides is 1. The molecule has 1 N–H and O–H groups in total. The molecule has 188 valence electrons. The maximum absolute atomic E-state index is 14.0. The van der Waals surface area contributed by atoms with Crippen molar-refractivity contribution in [1.82, 2.24) is 24.5 Å². The van der Waals surface area contributed by atoms with Crippen molar-refractivity contribution in [3.8, 4) is 5.75 Å². The van der Waals surface area contributed by atoms with Crippen molar-refractivity contribution in [1.29, 1.82) is 0 Å². The van der Waals surface area contributed by atoms with E-state index in [9.17, 15) is 13.6 Å². The summed E-state index contributed by atoms with van der Waals surface area (Å²) >= 11 is 6.27. The minimum atomic E-state index is -0.701. The van der Waals surface area contributed by atoms with Gasteiger partial charge in [0.05, 0.1) is 16.3 Å². The summed E-state index contributed by atoms with van der Waals surface area (Å²) in [5, 5.41) is 3.27. The van der Waals surface area contributed by atoms with Gasteiger partial charge in [-0.15, -0.1) is 0 Å². The van der Waals surface area contributed by atoms with Crippen LogP contribution in [0.1, 0.15) is 35.6 Å². The number of nitrogens with one attached hydrogen (secondary N) is 1. The molecule has 3 heterocycles. The zero-order valence-corrected chi connectivity index (χ0v) is 20.9. The number of halogens is 3. The van der Waals surface area contributed by atoms with Crippen LogP contribution in [0.3, 0.4) is 0 Å². The van der Waals surface area contributed by atoms with Crippen molar-refractivity contribution in [2.24, 2.45) is 0 Å². The zero-order valence-electron chi connectivity index (χ0n) is 20.2. The van der Waals surface area contributed by atoms with E-state index in [2.05, 4.69) is 33.9 Å². The van der Waals surface area contributed by atoms with E-state index in [-0.39, 0.29) is 23.8 Å².